The van der Waals surface area contributed by atoms with Crippen molar-refractivity contribution >= 4 is 57.1 Å². The van der Waals surface area contributed by atoms with Crippen LogP contribution in [0.5, 0.6) is 0 Å². The average Bonchev–Trinajstić information content (AvgIpc) is 2.92. The molecule has 1 N–H and O–H groups in total. The monoisotopic (exact) mass is 408 g/mol. The normalized spacial score (nSPS) is 16.7. The summed E-state index contributed by atoms with van der Waals surface area (Å²) in [6.07, 6.45) is 1.28. The summed E-state index contributed by atoms with van der Waals surface area (Å²) >= 11 is 9.10. The maximum Gasteiger partial charge on any atom is 0.335 e. The van der Waals surface area contributed by atoms with Crippen molar-refractivity contribution in [2.24, 2.45) is 0 Å². The van der Waals surface area contributed by atoms with Crippen LogP contribution < -0.4 is 10.2 Å². The van der Waals surface area contributed by atoms with E-state index in [-0.39, 0.29) is 5.57 Å². The first-order chi connectivity index (χ1) is 11.4. The van der Waals surface area contributed by atoms with Gasteiger partial charge in [-0.05, 0) is 58.8 Å². The molecular weight excluding hydrogens is 400 g/mol. The second kappa shape index (κ2) is 6.26. The fourth-order valence-electron chi connectivity index (χ4n) is 2.25. The van der Waals surface area contributed by atoms with Crippen LogP contribution in [0, 0.1) is 6.92 Å². The van der Waals surface area contributed by atoms with E-state index < -0.39 is 17.8 Å². The van der Waals surface area contributed by atoms with E-state index in [1.54, 1.807) is 31.2 Å². The zero-order valence-electron chi connectivity index (χ0n) is 12.3. The zero-order valence-corrected chi connectivity index (χ0v) is 14.6. The highest BCUT2D eigenvalue weighted by atomic mass is 79.9. The molecule has 1 aromatic carbocycles. The Labute approximate surface area is 150 Å². The predicted molar refractivity (Wildman–Crippen MR) is 91.6 cm³/mol. The molecule has 6 nitrogen and oxygen atoms in total. The van der Waals surface area contributed by atoms with E-state index in [2.05, 4.69) is 21.2 Å². The number of urea groups is 1. The summed E-state index contributed by atoms with van der Waals surface area (Å²) in [5, 5.41) is 2.51. The molecule has 1 aromatic heterocycles. The van der Waals surface area contributed by atoms with Gasteiger partial charge < -0.3 is 4.42 Å². The van der Waals surface area contributed by atoms with E-state index >= 15 is 0 Å². The smallest absolute Gasteiger partial charge is 0.335 e. The maximum absolute atomic E-state index is 12.7. The molecule has 4 amide bonds. The van der Waals surface area contributed by atoms with Gasteiger partial charge in [-0.2, -0.15) is 0 Å². The summed E-state index contributed by atoms with van der Waals surface area (Å²) in [6, 6.07) is 7.21. The number of nitrogens with one attached hydrogen (secondary N) is 1. The zero-order chi connectivity index (χ0) is 17.4. The first-order valence-electron chi connectivity index (χ1n) is 6.80. The van der Waals surface area contributed by atoms with Gasteiger partial charge in [0.1, 0.15) is 11.3 Å². The second-order valence-electron chi connectivity index (χ2n) is 5.03. The molecule has 0 radical (unpaired) electrons. The summed E-state index contributed by atoms with van der Waals surface area (Å²) in [5.74, 6) is -1.23. The van der Waals surface area contributed by atoms with Crippen molar-refractivity contribution in [1.82, 2.24) is 5.32 Å². The third kappa shape index (κ3) is 3.00. The second-order valence-corrected chi connectivity index (χ2v) is 6.25. The molecule has 1 aliphatic heterocycles. The molecule has 1 aliphatic rings. The van der Waals surface area contributed by atoms with Crippen LogP contribution in [-0.2, 0) is 9.59 Å². The number of hydrogen-bond donors (Lipinski definition) is 1. The Balaban J connectivity index is 2.06. The van der Waals surface area contributed by atoms with Gasteiger partial charge >= 0.3 is 6.03 Å². The topological polar surface area (TPSA) is 79.6 Å². The van der Waals surface area contributed by atoms with Gasteiger partial charge in [-0.1, -0.05) is 17.7 Å². The van der Waals surface area contributed by atoms with E-state index in [9.17, 15) is 14.4 Å². The van der Waals surface area contributed by atoms with E-state index in [1.165, 1.54) is 12.1 Å². The number of amides is 4. The number of rotatable bonds is 2. The Bertz CT molecular complexity index is 903. The lowest BCUT2D eigenvalue weighted by molar-refractivity contribution is -0.122. The molecule has 1 saturated heterocycles. The molecule has 122 valence electrons. The van der Waals surface area contributed by atoms with Gasteiger partial charge in [0.25, 0.3) is 11.8 Å². The number of anilines is 1. The molecule has 0 atom stereocenters. The fraction of sp³-hybridized carbons (Fsp3) is 0.0625. The Morgan fingerprint density at radius 1 is 1.21 bits per heavy atom. The summed E-state index contributed by atoms with van der Waals surface area (Å²) < 4.78 is 5.73. The van der Waals surface area contributed by atoms with Crippen molar-refractivity contribution in [3.05, 3.63) is 56.9 Å². The molecular formula is C16H10BrClN2O4. The molecule has 24 heavy (non-hydrogen) atoms. The number of benzene rings is 1. The number of imide groups is 2. The number of nitrogens with zero attached hydrogens (tertiary/aromatic N) is 1. The maximum atomic E-state index is 12.7. The van der Waals surface area contributed by atoms with Crippen molar-refractivity contribution in [2.45, 2.75) is 6.92 Å². The van der Waals surface area contributed by atoms with Gasteiger partial charge in [-0.25, -0.2) is 9.69 Å². The quantitative estimate of drug-likeness (QED) is 0.606. The van der Waals surface area contributed by atoms with Crippen LogP contribution >= 0.6 is 27.5 Å². The van der Waals surface area contributed by atoms with E-state index in [0.717, 1.165) is 4.90 Å². The minimum absolute atomic E-state index is 0.212. The molecule has 3 rings (SSSR count). The first-order valence-corrected chi connectivity index (χ1v) is 7.97. The number of hydrogen-bond acceptors (Lipinski definition) is 4. The number of furan rings is 1. The highest BCUT2D eigenvalue weighted by molar-refractivity contribution is 9.10. The minimum atomic E-state index is -0.826. The predicted octanol–water partition coefficient (Wildman–Crippen LogP) is 3.67. The van der Waals surface area contributed by atoms with Crippen LogP contribution in [0.2, 0.25) is 5.02 Å². The SMILES string of the molecule is Cc1ccc(Cl)cc1N1C(=O)NC(=O)/C(=C\c2ccc(Br)o2)C1=O. The third-order valence-corrected chi connectivity index (χ3v) is 4.06. The van der Waals surface area contributed by atoms with Gasteiger partial charge in [0.2, 0.25) is 0 Å². The summed E-state index contributed by atoms with van der Waals surface area (Å²) in [4.78, 5) is 37.8. The summed E-state index contributed by atoms with van der Waals surface area (Å²) in [6.45, 7) is 1.73. The Morgan fingerprint density at radius 3 is 2.62 bits per heavy atom. The molecule has 0 bridgehead atoms. The Kier molecular flexibility index (Phi) is 4.29. The third-order valence-electron chi connectivity index (χ3n) is 3.39. The summed E-state index contributed by atoms with van der Waals surface area (Å²) in [5.41, 5.74) is 0.761. The van der Waals surface area contributed by atoms with Crippen LogP contribution in [0.15, 0.2) is 45.0 Å². The molecule has 0 unspecified atom stereocenters. The van der Waals surface area contributed by atoms with Crippen molar-refractivity contribution in [2.75, 3.05) is 4.90 Å². The van der Waals surface area contributed by atoms with Gasteiger partial charge in [-0.3, -0.25) is 14.9 Å². The van der Waals surface area contributed by atoms with Crippen molar-refractivity contribution in [1.29, 1.82) is 0 Å². The lowest BCUT2D eigenvalue weighted by Crippen LogP contribution is -2.54. The number of halogens is 2. The van der Waals surface area contributed by atoms with Gasteiger partial charge in [-0.15, -0.1) is 0 Å². The molecule has 1 fully saturated rings. The largest absolute Gasteiger partial charge is 0.450 e. The van der Waals surface area contributed by atoms with Crippen LogP contribution in [0.4, 0.5) is 10.5 Å². The highest BCUT2D eigenvalue weighted by Crippen LogP contribution is 2.28. The van der Waals surface area contributed by atoms with E-state index in [1.807, 2.05) is 0 Å². The van der Waals surface area contributed by atoms with Gasteiger partial charge in [0.05, 0.1) is 5.69 Å². The highest BCUT2D eigenvalue weighted by Gasteiger charge is 2.37. The van der Waals surface area contributed by atoms with Crippen LogP contribution in [0.1, 0.15) is 11.3 Å². The fourth-order valence-corrected chi connectivity index (χ4v) is 2.73. The van der Waals surface area contributed by atoms with Crippen LogP contribution in [0.3, 0.4) is 0 Å². The molecule has 0 aliphatic carbocycles. The molecule has 0 spiro atoms. The van der Waals surface area contributed by atoms with Crippen molar-refractivity contribution in [3.63, 3.8) is 0 Å². The Morgan fingerprint density at radius 2 is 1.96 bits per heavy atom. The molecule has 0 saturated carbocycles. The van der Waals surface area contributed by atoms with E-state index in [4.69, 9.17) is 16.0 Å². The molecule has 2 heterocycles. The molecule has 2 aromatic rings. The van der Waals surface area contributed by atoms with Gasteiger partial charge in [0, 0.05) is 5.02 Å². The molecule has 8 heteroatoms. The number of carbonyl (C=O) groups is 3. The standard InChI is InChI=1S/C16H10BrClN2O4/c1-8-2-3-9(18)6-12(8)20-15(22)11(14(21)19-16(20)23)7-10-4-5-13(17)24-10/h2-7H,1H3,(H,19,21,23)/b11-7+. The van der Waals surface area contributed by atoms with Crippen LogP contribution in [-0.4, -0.2) is 17.8 Å². The van der Waals surface area contributed by atoms with E-state index in [0.29, 0.717) is 26.7 Å². The first kappa shape index (κ1) is 16.5. The summed E-state index contributed by atoms with van der Waals surface area (Å²) in [7, 11) is 0. The average molecular weight is 410 g/mol. The Hall–Kier alpha value is -2.38. The lowest BCUT2D eigenvalue weighted by atomic mass is 10.1. The number of aryl methyl sites for hydroxylation is 1. The minimum Gasteiger partial charge on any atom is -0.450 e. The lowest BCUT2D eigenvalue weighted by Gasteiger charge is -2.27. The van der Waals surface area contributed by atoms with Gasteiger partial charge in [0.15, 0.2) is 4.67 Å². The number of barbiturate groups is 1. The number of carbonyl (C=O) groups excluding carboxylic acids is 3. The van der Waals surface area contributed by atoms with Crippen LogP contribution in [0.25, 0.3) is 6.08 Å². The van der Waals surface area contributed by atoms with Crippen molar-refractivity contribution in [3.8, 4) is 0 Å². The van der Waals surface area contributed by atoms with Crippen molar-refractivity contribution < 1.29 is 18.8 Å².